The van der Waals surface area contributed by atoms with Crippen LogP contribution < -0.4 is 0 Å². The minimum absolute atomic E-state index is 0.465. The molecule has 0 saturated carbocycles. The fraction of sp³-hybridized carbons (Fsp3) is 0.368. The summed E-state index contributed by atoms with van der Waals surface area (Å²) in [7, 11) is 0. The highest BCUT2D eigenvalue weighted by atomic mass is 16.4. The second-order valence-electron chi connectivity index (χ2n) is 6.53. The summed E-state index contributed by atoms with van der Waals surface area (Å²) in [5.74, 6) is -0.694. The normalized spacial score (nSPS) is 17.6. The van der Waals surface area contributed by atoms with Crippen LogP contribution in [-0.2, 0) is 0 Å². The number of benzene rings is 1. The molecule has 0 aliphatic rings. The fourth-order valence-corrected chi connectivity index (χ4v) is 3.10. The smallest absolute Gasteiger partial charge is 0.160 e. The van der Waals surface area contributed by atoms with E-state index >= 15 is 0 Å². The van der Waals surface area contributed by atoms with E-state index in [4.69, 9.17) is 0 Å². The molecule has 0 fully saturated rings. The molecule has 2 aromatic heterocycles. The number of aliphatic hydroxyl groups is 4. The molecule has 1 aromatic carbocycles. The van der Waals surface area contributed by atoms with E-state index in [0.29, 0.717) is 11.2 Å². The van der Waals surface area contributed by atoms with Crippen molar-refractivity contribution < 1.29 is 20.4 Å². The summed E-state index contributed by atoms with van der Waals surface area (Å²) in [5, 5.41) is 42.7. The van der Waals surface area contributed by atoms with Gasteiger partial charge in [0.05, 0.1) is 17.9 Å². The zero-order chi connectivity index (χ0) is 18.8. The molecular weight excluding hydrogens is 334 g/mol. The van der Waals surface area contributed by atoms with Gasteiger partial charge in [0.15, 0.2) is 6.23 Å². The van der Waals surface area contributed by atoms with Crippen molar-refractivity contribution in [2.45, 2.75) is 38.4 Å². The van der Waals surface area contributed by atoms with E-state index in [1.54, 1.807) is 43.5 Å². The van der Waals surface area contributed by atoms with Crippen molar-refractivity contribution in [2.24, 2.45) is 5.92 Å². The van der Waals surface area contributed by atoms with Crippen LogP contribution in [0.4, 0.5) is 0 Å². The first-order chi connectivity index (χ1) is 12.4. The van der Waals surface area contributed by atoms with Gasteiger partial charge in [0.1, 0.15) is 18.1 Å². The van der Waals surface area contributed by atoms with Gasteiger partial charge >= 0.3 is 0 Å². The summed E-state index contributed by atoms with van der Waals surface area (Å²) in [6, 6.07) is 10.6. The monoisotopic (exact) mass is 357 g/mol. The van der Waals surface area contributed by atoms with Gasteiger partial charge in [-0.1, -0.05) is 37.3 Å². The highest BCUT2D eigenvalue weighted by Gasteiger charge is 2.34. The maximum absolute atomic E-state index is 10.5. The van der Waals surface area contributed by atoms with E-state index in [2.05, 4.69) is 9.97 Å². The van der Waals surface area contributed by atoms with E-state index in [9.17, 15) is 20.4 Å². The van der Waals surface area contributed by atoms with Gasteiger partial charge in [0.2, 0.25) is 0 Å². The molecule has 0 spiro atoms. The lowest BCUT2D eigenvalue weighted by Gasteiger charge is -2.31. The first-order valence-corrected chi connectivity index (χ1v) is 8.47. The second kappa shape index (κ2) is 7.51. The predicted molar refractivity (Wildman–Crippen MR) is 96.1 cm³/mol. The van der Waals surface area contributed by atoms with E-state index in [1.165, 1.54) is 10.9 Å². The number of rotatable bonds is 6. The molecule has 4 N–H and O–H groups in total. The maximum Gasteiger partial charge on any atom is 0.160 e. The Morgan fingerprint density at radius 3 is 2.31 bits per heavy atom. The van der Waals surface area contributed by atoms with Gasteiger partial charge in [-0.15, -0.1) is 0 Å². The van der Waals surface area contributed by atoms with E-state index in [0.717, 1.165) is 11.1 Å². The SMILES string of the molecule is Cc1ncnc2c1ccn2[C@H](O)[C@H](O)[C@H](O)[C@@H](C)[C@@H](O)c1ccccc1. The van der Waals surface area contributed by atoms with Crippen LogP contribution in [0, 0.1) is 12.8 Å². The second-order valence-corrected chi connectivity index (χ2v) is 6.53. The summed E-state index contributed by atoms with van der Waals surface area (Å²) >= 11 is 0. The minimum Gasteiger partial charge on any atom is -0.390 e. The standard InChI is InChI=1S/C19H23N3O4/c1-11(15(23)13-6-4-3-5-7-13)16(24)17(25)19(26)22-9-8-14-12(2)20-10-21-18(14)22/h3-11,15-17,19,23-26H,1-2H3/t11-,15+,16+,17+,19+/m0/s1. The molecule has 7 nitrogen and oxygen atoms in total. The molecule has 2 heterocycles. The molecule has 7 heteroatoms. The lowest BCUT2D eigenvalue weighted by atomic mass is 9.89. The van der Waals surface area contributed by atoms with Gasteiger partial charge in [0, 0.05) is 17.5 Å². The summed E-state index contributed by atoms with van der Waals surface area (Å²) in [6.07, 6.45) is -2.27. The Bertz CT molecular complexity index is 868. The van der Waals surface area contributed by atoms with Gasteiger partial charge in [-0.05, 0) is 18.6 Å². The third kappa shape index (κ3) is 3.34. The van der Waals surface area contributed by atoms with Crippen molar-refractivity contribution in [1.82, 2.24) is 14.5 Å². The number of aliphatic hydroxyl groups excluding tert-OH is 4. The molecule has 0 unspecified atom stereocenters. The molecule has 3 rings (SSSR count). The highest BCUT2D eigenvalue weighted by Crippen LogP contribution is 2.29. The molecule has 26 heavy (non-hydrogen) atoms. The summed E-state index contributed by atoms with van der Waals surface area (Å²) in [5.41, 5.74) is 1.85. The number of aryl methyl sites for hydroxylation is 1. The first kappa shape index (κ1) is 18.5. The lowest BCUT2D eigenvalue weighted by Crippen LogP contribution is -2.41. The fourth-order valence-electron chi connectivity index (χ4n) is 3.10. The van der Waals surface area contributed by atoms with Gasteiger partial charge in [-0.3, -0.25) is 0 Å². The Balaban J connectivity index is 1.80. The molecule has 5 atom stereocenters. The number of aromatic nitrogens is 3. The largest absolute Gasteiger partial charge is 0.390 e. The molecule has 3 aromatic rings. The van der Waals surface area contributed by atoms with E-state index in [-0.39, 0.29) is 0 Å². The summed E-state index contributed by atoms with van der Waals surface area (Å²) in [4.78, 5) is 8.24. The van der Waals surface area contributed by atoms with Crippen LogP contribution in [0.1, 0.15) is 30.5 Å². The van der Waals surface area contributed by atoms with Crippen molar-refractivity contribution in [3.63, 3.8) is 0 Å². The Labute approximate surface area is 151 Å². The van der Waals surface area contributed by atoms with Crippen molar-refractivity contribution in [3.8, 4) is 0 Å². The molecule has 0 amide bonds. The van der Waals surface area contributed by atoms with E-state index in [1.807, 2.05) is 13.0 Å². The average molecular weight is 357 g/mol. The third-order valence-corrected chi connectivity index (χ3v) is 4.83. The number of fused-ring (bicyclic) bond motifs is 1. The average Bonchev–Trinajstić information content (AvgIpc) is 3.11. The number of nitrogens with zero attached hydrogens (tertiary/aromatic N) is 3. The Kier molecular flexibility index (Phi) is 5.33. The minimum atomic E-state index is -1.51. The zero-order valence-electron chi connectivity index (χ0n) is 14.6. The van der Waals surface area contributed by atoms with Gasteiger partial charge in [-0.2, -0.15) is 0 Å². The third-order valence-electron chi connectivity index (χ3n) is 4.83. The molecular formula is C19H23N3O4. The molecule has 0 aliphatic carbocycles. The van der Waals surface area contributed by atoms with Crippen LogP contribution in [0.2, 0.25) is 0 Å². The van der Waals surface area contributed by atoms with Crippen molar-refractivity contribution in [2.75, 3.05) is 0 Å². The van der Waals surface area contributed by atoms with Crippen molar-refractivity contribution in [3.05, 3.63) is 60.2 Å². The van der Waals surface area contributed by atoms with Crippen LogP contribution in [0.5, 0.6) is 0 Å². The van der Waals surface area contributed by atoms with Crippen molar-refractivity contribution in [1.29, 1.82) is 0 Å². The lowest BCUT2D eigenvalue weighted by molar-refractivity contribution is -0.121. The Hall–Kier alpha value is -2.32. The molecule has 0 aliphatic heterocycles. The van der Waals surface area contributed by atoms with Gasteiger partial charge < -0.3 is 25.0 Å². The van der Waals surface area contributed by atoms with Crippen LogP contribution in [0.25, 0.3) is 11.0 Å². The van der Waals surface area contributed by atoms with Gasteiger partial charge in [-0.25, -0.2) is 9.97 Å². The predicted octanol–water partition coefficient (Wildman–Crippen LogP) is 1.32. The Morgan fingerprint density at radius 1 is 0.923 bits per heavy atom. The van der Waals surface area contributed by atoms with Crippen LogP contribution >= 0.6 is 0 Å². The van der Waals surface area contributed by atoms with Crippen LogP contribution in [0.15, 0.2) is 48.9 Å². The summed E-state index contributed by atoms with van der Waals surface area (Å²) in [6.45, 7) is 3.45. The summed E-state index contributed by atoms with van der Waals surface area (Å²) < 4.78 is 1.39. The van der Waals surface area contributed by atoms with Crippen LogP contribution in [0.3, 0.4) is 0 Å². The molecule has 0 saturated heterocycles. The number of hydrogen-bond acceptors (Lipinski definition) is 6. The Morgan fingerprint density at radius 2 is 1.62 bits per heavy atom. The van der Waals surface area contributed by atoms with Gasteiger partial charge in [0.25, 0.3) is 0 Å². The van der Waals surface area contributed by atoms with Crippen LogP contribution in [-0.4, -0.2) is 47.2 Å². The molecule has 0 bridgehead atoms. The quantitative estimate of drug-likeness (QED) is 0.529. The van der Waals surface area contributed by atoms with E-state index < -0.39 is 30.5 Å². The zero-order valence-corrected chi connectivity index (χ0v) is 14.6. The molecule has 0 radical (unpaired) electrons. The highest BCUT2D eigenvalue weighted by molar-refractivity contribution is 5.78. The first-order valence-electron chi connectivity index (χ1n) is 8.47. The topological polar surface area (TPSA) is 112 Å². The number of hydrogen-bond donors (Lipinski definition) is 4. The maximum atomic E-state index is 10.5. The van der Waals surface area contributed by atoms with Crippen molar-refractivity contribution >= 4 is 11.0 Å². The molecule has 138 valence electrons.